The van der Waals surface area contributed by atoms with Crippen LogP contribution in [0.2, 0.25) is 0 Å². The van der Waals surface area contributed by atoms with Gasteiger partial charge in [0.15, 0.2) is 5.96 Å². The first-order valence-electron chi connectivity index (χ1n) is 9.33. The lowest BCUT2D eigenvalue weighted by atomic mass is 9.93. The molecule has 5 heteroatoms. The third kappa shape index (κ3) is 3.98. The third-order valence-corrected chi connectivity index (χ3v) is 6.92. The SMILES string of the molecule is CN=C(NCC1(N2CCSCC2)CCCC1)N1CCC(C)(C)C1. The van der Waals surface area contributed by atoms with Gasteiger partial charge in [0.2, 0.25) is 0 Å². The van der Waals surface area contributed by atoms with Crippen molar-refractivity contribution in [2.45, 2.75) is 51.5 Å². The van der Waals surface area contributed by atoms with Crippen LogP contribution in [0.1, 0.15) is 46.0 Å². The highest BCUT2D eigenvalue weighted by molar-refractivity contribution is 7.99. The van der Waals surface area contributed by atoms with Crippen molar-refractivity contribution < 1.29 is 0 Å². The highest BCUT2D eigenvalue weighted by Gasteiger charge is 2.40. The predicted molar refractivity (Wildman–Crippen MR) is 101 cm³/mol. The van der Waals surface area contributed by atoms with Crippen molar-refractivity contribution in [2.75, 3.05) is 51.3 Å². The molecule has 3 aliphatic rings. The topological polar surface area (TPSA) is 30.9 Å². The summed E-state index contributed by atoms with van der Waals surface area (Å²) in [5.41, 5.74) is 0.804. The maximum Gasteiger partial charge on any atom is 0.193 e. The second-order valence-corrected chi connectivity index (χ2v) is 9.49. The van der Waals surface area contributed by atoms with E-state index in [1.165, 1.54) is 56.7 Å². The summed E-state index contributed by atoms with van der Waals surface area (Å²) in [7, 11) is 1.94. The van der Waals surface area contributed by atoms with Gasteiger partial charge in [-0.05, 0) is 24.7 Å². The Labute approximate surface area is 146 Å². The molecule has 0 radical (unpaired) electrons. The van der Waals surface area contributed by atoms with E-state index in [0.29, 0.717) is 11.0 Å². The van der Waals surface area contributed by atoms with Gasteiger partial charge in [-0.2, -0.15) is 11.8 Å². The Morgan fingerprint density at radius 3 is 2.35 bits per heavy atom. The lowest BCUT2D eigenvalue weighted by Gasteiger charge is -2.44. The fraction of sp³-hybridized carbons (Fsp3) is 0.944. The van der Waals surface area contributed by atoms with Crippen molar-refractivity contribution in [3.05, 3.63) is 0 Å². The molecule has 2 aliphatic heterocycles. The van der Waals surface area contributed by atoms with Crippen molar-refractivity contribution in [1.29, 1.82) is 0 Å². The average molecular weight is 339 g/mol. The van der Waals surface area contributed by atoms with Crippen molar-refractivity contribution in [3.8, 4) is 0 Å². The number of nitrogens with zero attached hydrogens (tertiary/aromatic N) is 3. The molecule has 1 N–H and O–H groups in total. The van der Waals surface area contributed by atoms with E-state index in [1.807, 2.05) is 7.05 Å². The van der Waals surface area contributed by atoms with Crippen molar-refractivity contribution in [2.24, 2.45) is 10.4 Å². The van der Waals surface area contributed by atoms with Crippen LogP contribution in [-0.4, -0.2) is 72.6 Å². The molecule has 23 heavy (non-hydrogen) atoms. The number of thioether (sulfide) groups is 1. The molecule has 2 saturated heterocycles. The summed E-state index contributed by atoms with van der Waals surface area (Å²) in [5.74, 6) is 3.72. The van der Waals surface area contributed by atoms with E-state index in [4.69, 9.17) is 0 Å². The van der Waals surface area contributed by atoms with Crippen molar-refractivity contribution >= 4 is 17.7 Å². The average Bonchev–Trinajstić information content (AvgIpc) is 3.17. The molecule has 2 heterocycles. The fourth-order valence-corrected chi connectivity index (χ4v) is 5.45. The number of hydrogen-bond donors (Lipinski definition) is 1. The van der Waals surface area contributed by atoms with Crippen LogP contribution in [-0.2, 0) is 0 Å². The summed E-state index contributed by atoms with van der Waals surface area (Å²) in [6.45, 7) is 10.6. The molecule has 4 nitrogen and oxygen atoms in total. The van der Waals surface area contributed by atoms with Gasteiger partial charge in [0, 0.05) is 56.8 Å². The van der Waals surface area contributed by atoms with Gasteiger partial charge in [0.1, 0.15) is 0 Å². The van der Waals surface area contributed by atoms with Crippen LogP contribution >= 0.6 is 11.8 Å². The molecule has 0 aromatic heterocycles. The lowest BCUT2D eigenvalue weighted by molar-refractivity contribution is 0.106. The zero-order valence-electron chi connectivity index (χ0n) is 15.2. The molecule has 0 aromatic rings. The number of likely N-dealkylation sites (tertiary alicyclic amines) is 1. The van der Waals surface area contributed by atoms with E-state index in [9.17, 15) is 0 Å². The summed E-state index contributed by atoms with van der Waals surface area (Å²) in [4.78, 5) is 9.82. The van der Waals surface area contributed by atoms with Gasteiger partial charge in [-0.3, -0.25) is 9.89 Å². The Morgan fingerprint density at radius 2 is 1.78 bits per heavy atom. The van der Waals surface area contributed by atoms with Crippen molar-refractivity contribution in [1.82, 2.24) is 15.1 Å². The van der Waals surface area contributed by atoms with Gasteiger partial charge < -0.3 is 10.2 Å². The maximum absolute atomic E-state index is 4.58. The second kappa shape index (κ2) is 7.22. The first-order chi connectivity index (χ1) is 11.0. The standard InChI is InChI=1S/C18H34N4S/c1-17(2)8-9-21(15-17)16(19-3)20-14-18(6-4-5-7-18)22-10-12-23-13-11-22/h4-15H2,1-3H3,(H,19,20). The highest BCUT2D eigenvalue weighted by Crippen LogP contribution is 2.36. The fourth-order valence-electron chi connectivity index (χ4n) is 4.54. The Bertz CT molecular complexity index is 423. The van der Waals surface area contributed by atoms with Gasteiger partial charge in [0.25, 0.3) is 0 Å². The number of guanidine groups is 1. The number of rotatable bonds is 3. The molecule has 3 rings (SSSR count). The molecule has 0 atom stereocenters. The monoisotopic (exact) mass is 338 g/mol. The van der Waals surface area contributed by atoms with Crippen LogP contribution in [0.3, 0.4) is 0 Å². The smallest absolute Gasteiger partial charge is 0.193 e. The van der Waals surface area contributed by atoms with Gasteiger partial charge >= 0.3 is 0 Å². The summed E-state index contributed by atoms with van der Waals surface area (Å²) < 4.78 is 0. The van der Waals surface area contributed by atoms with Gasteiger partial charge in [0.05, 0.1) is 0 Å². The Kier molecular flexibility index (Phi) is 5.46. The largest absolute Gasteiger partial charge is 0.354 e. The quantitative estimate of drug-likeness (QED) is 0.633. The van der Waals surface area contributed by atoms with Crippen LogP contribution in [0.5, 0.6) is 0 Å². The van der Waals surface area contributed by atoms with Crippen LogP contribution in [0.15, 0.2) is 4.99 Å². The van der Waals surface area contributed by atoms with Crippen LogP contribution in [0.25, 0.3) is 0 Å². The molecule has 132 valence electrons. The van der Waals surface area contributed by atoms with E-state index in [-0.39, 0.29) is 0 Å². The van der Waals surface area contributed by atoms with E-state index in [1.54, 1.807) is 0 Å². The summed E-state index contributed by atoms with van der Waals surface area (Å²) in [6, 6.07) is 0. The van der Waals surface area contributed by atoms with E-state index < -0.39 is 0 Å². The first kappa shape index (κ1) is 17.4. The molecule has 0 unspecified atom stereocenters. The first-order valence-corrected chi connectivity index (χ1v) is 10.5. The minimum Gasteiger partial charge on any atom is -0.354 e. The zero-order valence-corrected chi connectivity index (χ0v) is 16.1. The number of nitrogens with one attached hydrogen (secondary N) is 1. The summed E-state index contributed by atoms with van der Waals surface area (Å²) >= 11 is 2.11. The van der Waals surface area contributed by atoms with E-state index in [2.05, 4.69) is 45.7 Å². The normalized spacial score (nSPS) is 28.3. The van der Waals surface area contributed by atoms with Gasteiger partial charge in [-0.1, -0.05) is 26.7 Å². The molecular formula is C18H34N4S. The van der Waals surface area contributed by atoms with Gasteiger partial charge in [-0.25, -0.2) is 0 Å². The maximum atomic E-state index is 4.58. The van der Waals surface area contributed by atoms with Crippen LogP contribution < -0.4 is 5.32 Å². The van der Waals surface area contributed by atoms with E-state index in [0.717, 1.165) is 25.6 Å². The Balaban J connectivity index is 1.62. The van der Waals surface area contributed by atoms with Gasteiger partial charge in [-0.15, -0.1) is 0 Å². The lowest BCUT2D eigenvalue weighted by Crippen LogP contribution is -2.57. The Morgan fingerprint density at radius 1 is 1.09 bits per heavy atom. The summed E-state index contributed by atoms with van der Waals surface area (Å²) in [6.07, 6.45) is 6.75. The molecule has 0 amide bonds. The molecule has 0 bridgehead atoms. The Hall–Kier alpha value is -0.420. The minimum absolute atomic E-state index is 0.381. The predicted octanol–water partition coefficient (Wildman–Crippen LogP) is 2.66. The van der Waals surface area contributed by atoms with Crippen molar-refractivity contribution in [3.63, 3.8) is 0 Å². The molecule has 0 aromatic carbocycles. The van der Waals surface area contributed by atoms with Crippen LogP contribution in [0, 0.1) is 5.41 Å². The molecular weight excluding hydrogens is 304 g/mol. The number of aliphatic imine (C=N–C) groups is 1. The second-order valence-electron chi connectivity index (χ2n) is 8.27. The summed E-state index contributed by atoms with van der Waals surface area (Å²) in [5, 5.41) is 3.76. The molecule has 3 fully saturated rings. The zero-order chi connectivity index (χ0) is 16.3. The van der Waals surface area contributed by atoms with E-state index >= 15 is 0 Å². The molecule has 0 spiro atoms. The molecule has 1 saturated carbocycles. The minimum atomic E-state index is 0.381. The molecule has 1 aliphatic carbocycles. The van der Waals surface area contributed by atoms with Crippen LogP contribution in [0.4, 0.5) is 0 Å². The third-order valence-electron chi connectivity index (χ3n) is 5.98. The highest BCUT2D eigenvalue weighted by atomic mass is 32.2. The number of hydrogen-bond acceptors (Lipinski definition) is 3.